The number of morpholine rings is 1. The Morgan fingerprint density at radius 2 is 1.93 bits per heavy atom. The summed E-state index contributed by atoms with van der Waals surface area (Å²) in [4.78, 5) is 7.40. The van der Waals surface area contributed by atoms with Crippen LogP contribution in [-0.2, 0) is 18.2 Å². The minimum Gasteiger partial charge on any atom is -0.379 e. The van der Waals surface area contributed by atoms with Gasteiger partial charge in [-0.3, -0.25) is 14.6 Å². The maximum absolute atomic E-state index is 5.50. The smallest absolute Gasteiger partial charge is 0.191 e. The lowest BCUT2D eigenvalue weighted by molar-refractivity contribution is 0.00867. The number of nitrogens with one attached hydrogen (secondary N) is 2. The standard InChI is InChI=1S/C20H38N6O/c1-7-21-20(22-9-8-18-16(4)24-25(6)17(18)5)23-14-19(15(2)3)26-10-12-27-13-11-26/h15,19H,7-14H2,1-6H3,(H2,21,22,23). The molecule has 2 heterocycles. The Morgan fingerprint density at radius 1 is 1.22 bits per heavy atom. The third-order valence-corrected chi connectivity index (χ3v) is 5.39. The van der Waals surface area contributed by atoms with Crippen molar-refractivity contribution in [1.29, 1.82) is 0 Å². The van der Waals surface area contributed by atoms with E-state index in [9.17, 15) is 0 Å². The lowest BCUT2D eigenvalue weighted by Gasteiger charge is -2.36. The summed E-state index contributed by atoms with van der Waals surface area (Å²) in [7, 11) is 2.00. The molecule has 0 spiro atoms. The van der Waals surface area contributed by atoms with Crippen LogP contribution in [0, 0.1) is 19.8 Å². The van der Waals surface area contributed by atoms with E-state index in [2.05, 4.69) is 55.3 Å². The van der Waals surface area contributed by atoms with Crippen molar-refractivity contribution in [3.8, 4) is 0 Å². The highest BCUT2D eigenvalue weighted by Gasteiger charge is 2.23. The lowest BCUT2D eigenvalue weighted by Crippen LogP contribution is -2.48. The van der Waals surface area contributed by atoms with Crippen LogP contribution in [0.2, 0.25) is 0 Å². The van der Waals surface area contributed by atoms with E-state index >= 15 is 0 Å². The Bertz CT molecular complexity index is 604. The Balaban J connectivity index is 1.93. The van der Waals surface area contributed by atoms with Gasteiger partial charge in [-0.05, 0) is 38.7 Å². The molecule has 1 aliphatic rings. The van der Waals surface area contributed by atoms with Gasteiger partial charge in [-0.1, -0.05) is 13.8 Å². The SMILES string of the molecule is CCNC(=NCC(C(C)C)N1CCOCC1)NCCc1c(C)nn(C)c1C. The molecule has 1 fully saturated rings. The van der Waals surface area contributed by atoms with Crippen molar-refractivity contribution in [3.05, 3.63) is 17.0 Å². The van der Waals surface area contributed by atoms with E-state index in [1.807, 2.05) is 11.7 Å². The molecule has 154 valence electrons. The van der Waals surface area contributed by atoms with Crippen molar-refractivity contribution >= 4 is 5.96 Å². The van der Waals surface area contributed by atoms with E-state index in [-0.39, 0.29) is 0 Å². The van der Waals surface area contributed by atoms with Crippen LogP contribution >= 0.6 is 0 Å². The third-order valence-electron chi connectivity index (χ3n) is 5.39. The molecule has 1 aromatic rings. The van der Waals surface area contributed by atoms with Crippen LogP contribution in [0.4, 0.5) is 0 Å². The number of nitrogens with zero attached hydrogens (tertiary/aromatic N) is 4. The highest BCUT2D eigenvalue weighted by molar-refractivity contribution is 5.79. The van der Waals surface area contributed by atoms with Crippen molar-refractivity contribution in [3.63, 3.8) is 0 Å². The summed E-state index contributed by atoms with van der Waals surface area (Å²) < 4.78 is 7.46. The van der Waals surface area contributed by atoms with Gasteiger partial charge in [0.1, 0.15) is 0 Å². The first-order valence-electron chi connectivity index (χ1n) is 10.3. The van der Waals surface area contributed by atoms with Crippen molar-refractivity contribution in [1.82, 2.24) is 25.3 Å². The Morgan fingerprint density at radius 3 is 2.48 bits per heavy atom. The highest BCUT2D eigenvalue weighted by Crippen LogP contribution is 2.14. The summed E-state index contributed by atoms with van der Waals surface area (Å²) in [5.41, 5.74) is 3.68. The van der Waals surface area contributed by atoms with E-state index in [1.54, 1.807) is 0 Å². The van der Waals surface area contributed by atoms with Gasteiger partial charge in [0.25, 0.3) is 0 Å². The molecule has 0 saturated carbocycles. The summed E-state index contributed by atoms with van der Waals surface area (Å²) in [5.74, 6) is 1.46. The molecule has 1 aliphatic heterocycles. The number of aliphatic imine (C=N–C) groups is 1. The molecule has 0 bridgehead atoms. The molecule has 0 aliphatic carbocycles. The van der Waals surface area contributed by atoms with Crippen LogP contribution in [0.25, 0.3) is 0 Å². The quantitative estimate of drug-likeness (QED) is 0.530. The zero-order chi connectivity index (χ0) is 19.8. The van der Waals surface area contributed by atoms with Gasteiger partial charge in [-0.25, -0.2) is 0 Å². The second kappa shape index (κ2) is 10.7. The topological polar surface area (TPSA) is 66.7 Å². The van der Waals surface area contributed by atoms with E-state index in [0.717, 1.165) is 64.0 Å². The first-order chi connectivity index (χ1) is 12.9. The average molecular weight is 379 g/mol. The molecule has 2 N–H and O–H groups in total. The van der Waals surface area contributed by atoms with Crippen LogP contribution < -0.4 is 10.6 Å². The van der Waals surface area contributed by atoms with Crippen LogP contribution in [0.1, 0.15) is 37.7 Å². The molecule has 0 amide bonds. The molecular formula is C20H38N6O. The van der Waals surface area contributed by atoms with Crippen molar-refractivity contribution in [2.45, 2.75) is 47.1 Å². The Kier molecular flexibility index (Phi) is 8.57. The van der Waals surface area contributed by atoms with Gasteiger partial charge in [0.05, 0.1) is 25.5 Å². The van der Waals surface area contributed by atoms with Crippen LogP contribution in [-0.4, -0.2) is 72.6 Å². The highest BCUT2D eigenvalue weighted by atomic mass is 16.5. The molecule has 1 atom stereocenters. The Hall–Kier alpha value is -1.60. The zero-order valence-electron chi connectivity index (χ0n) is 18.0. The summed E-state index contributed by atoms with van der Waals surface area (Å²) in [6.45, 7) is 17.1. The minimum absolute atomic E-state index is 0.451. The lowest BCUT2D eigenvalue weighted by atomic mass is 10.0. The molecule has 1 saturated heterocycles. The number of aryl methyl sites for hydroxylation is 2. The maximum Gasteiger partial charge on any atom is 0.191 e. The average Bonchev–Trinajstić information content (AvgIpc) is 2.88. The van der Waals surface area contributed by atoms with Crippen molar-refractivity contribution in [2.24, 2.45) is 18.0 Å². The van der Waals surface area contributed by atoms with Crippen molar-refractivity contribution < 1.29 is 4.74 Å². The van der Waals surface area contributed by atoms with E-state index in [1.165, 1.54) is 11.3 Å². The number of guanidine groups is 1. The number of hydrogen-bond donors (Lipinski definition) is 2. The van der Waals surface area contributed by atoms with Crippen LogP contribution in [0.5, 0.6) is 0 Å². The van der Waals surface area contributed by atoms with E-state index in [0.29, 0.717) is 12.0 Å². The largest absolute Gasteiger partial charge is 0.379 e. The number of hydrogen-bond acceptors (Lipinski definition) is 4. The van der Waals surface area contributed by atoms with Gasteiger partial charge in [-0.15, -0.1) is 0 Å². The first kappa shape index (κ1) is 21.7. The molecular weight excluding hydrogens is 340 g/mol. The van der Waals surface area contributed by atoms with Gasteiger partial charge in [0.2, 0.25) is 0 Å². The summed E-state index contributed by atoms with van der Waals surface area (Å²) in [6.07, 6.45) is 0.951. The number of rotatable bonds is 8. The second-order valence-electron chi connectivity index (χ2n) is 7.63. The monoisotopic (exact) mass is 378 g/mol. The zero-order valence-corrected chi connectivity index (χ0v) is 18.0. The van der Waals surface area contributed by atoms with E-state index in [4.69, 9.17) is 9.73 Å². The molecule has 0 aromatic carbocycles. The summed E-state index contributed by atoms with van der Waals surface area (Å²) in [5, 5.41) is 11.4. The second-order valence-corrected chi connectivity index (χ2v) is 7.63. The molecule has 7 heteroatoms. The molecule has 0 radical (unpaired) electrons. The molecule has 2 rings (SSSR count). The van der Waals surface area contributed by atoms with Crippen LogP contribution in [0.15, 0.2) is 4.99 Å². The van der Waals surface area contributed by atoms with Gasteiger partial charge >= 0.3 is 0 Å². The van der Waals surface area contributed by atoms with Gasteiger partial charge < -0.3 is 15.4 Å². The minimum atomic E-state index is 0.451. The fourth-order valence-electron chi connectivity index (χ4n) is 3.67. The molecule has 7 nitrogen and oxygen atoms in total. The fraction of sp³-hybridized carbons (Fsp3) is 0.800. The fourth-order valence-corrected chi connectivity index (χ4v) is 3.67. The molecule has 1 unspecified atom stereocenters. The predicted molar refractivity (Wildman–Crippen MR) is 111 cm³/mol. The number of aromatic nitrogens is 2. The normalized spacial score (nSPS) is 17.4. The van der Waals surface area contributed by atoms with Crippen LogP contribution in [0.3, 0.4) is 0 Å². The first-order valence-corrected chi connectivity index (χ1v) is 10.3. The maximum atomic E-state index is 5.50. The Labute approximate surface area is 164 Å². The predicted octanol–water partition coefficient (Wildman–Crippen LogP) is 1.49. The number of ether oxygens (including phenoxy) is 1. The van der Waals surface area contributed by atoms with Gasteiger partial charge in [0.15, 0.2) is 5.96 Å². The van der Waals surface area contributed by atoms with Gasteiger partial charge in [0, 0.05) is 45.0 Å². The van der Waals surface area contributed by atoms with E-state index < -0.39 is 0 Å². The summed E-state index contributed by atoms with van der Waals surface area (Å²) in [6, 6.07) is 0.451. The molecule has 27 heavy (non-hydrogen) atoms. The van der Waals surface area contributed by atoms with Crippen molar-refractivity contribution in [2.75, 3.05) is 45.9 Å². The van der Waals surface area contributed by atoms with Gasteiger partial charge in [-0.2, -0.15) is 5.10 Å². The summed E-state index contributed by atoms with van der Waals surface area (Å²) >= 11 is 0. The molecule has 1 aromatic heterocycles. The third kappa shape index (κ3) is 6.21.